The van der Waals surface area contributed by atoms with Crippen molar-refractivity contribution < 1.29 is 0 Å². The van der Waals surface area contributed by atoms with Crippen molar-refractivity contribution in [1.82, 2.24) is 15.0 Å². The third-order valence-corrected chi connectivity index (χ3v) is 3.58. The van der Waals surface area contributed by atoms with Crippen LogP contribution >= 0.6 is 0 Å². The van der Waals surface area contributed by atoms with Gasteiger partial charge in [-0.1, -0.05) is 18.2 Å². The zero-order chi connectivity index (χ0) is 14.2. The molecule has 4 rings (SSSR count). The van der Waals surface area contributed by atoms with Gasteiger partial charge >= 0.3 is 0 Å². The quantitative estimate of drug-likeness (QED) is 0.574. The molecule has 0 radical (unpaired) electrons. The third kappa shape index (κ3) is 1.76. The molecule has 0 fully saturated rings. The molecule has 4 aromatic rings. The second-order valence-electron chi connectivity index (χ2n) is 4.81. The molecular weight excluding hydrogens is 260 g/mol. The van der Waals surface area contributed by atoms with E-state index in [1.807, 2.05) is 42.6 Å². The van der Waals surface area contributed by atoms with Crippen LogP contribution in [-0.4, -0.2) is 15.0 Å². The van der Waals surface area contributed by atoms with E-state index in [0.29, 0.717) is 11.3 Å². The molecule has 1 N–H and O–H groups in total. The number of H-pyrrole nitrogens is 1. The van der Waals surface area contributed by atoms with Crippen LogP contribution in [0.4, 0.5) is 0 Å². The van der Waals surface area contributed by atoms with Crippen LogP contribution in [0.3, 0.4) is 0 Å². The predicted octanol–water partition coefficient (Wildman–Crippen LogP) is 3.65. The summed E-state index contributed by atoms with van der Waals surface area (Å²) in [7, 11) is 0. The summed E-state index contributed by atoms with van der Waals surface area (Å²) >= 11 is 0. The van der Waals surface area contributed by atoms with Crippen LogP contribution < -0.4 is 0 Å². The Morgan fingerprint density at radius 2 is 2.05 bits per heavy atom. The molecule has 0 aliphatic rings. The van der Waals surface area contributed by atoms with Gasteiger partial charge in [-0.3, -0.25) is 4.98 Å². The maximum Gasteiger partial charge on any atom is 0.101 e. The van der Waals surface area contributed by atoms with Gasteiger partial charge in [0.15, 0.2) is 0 Å². The molecule has 0 saturated heterocycles. The van der Waals surface area contributed by atoms with Gasteiger partial charge in [0.25, 0.3) is 0 Å². The Balaban J connectivity index is 2.08. The van der Waals surface area contributed by atoms with Gasteiger partial charge in [-0.25, -0.2) is 4.98 Å². The lowest BCUT2D eigenvalue weighted by Crippen LogP contribution is -1.91. The van der Waals surface area contributed by atoms with E-state index in [0.717, 1.165) is 27.4 Å². The van der Waals surface area contributed by atoms with Crippen molar-refractivity contribution in [3.8, 4) is 17.3 Å². The molecule has 0 aliphatic carbocycles. The maximum absolute atomic E-state index is 9.43. The number of hydrogen-bond donors (Lipinski definition) is 1. The Bertz CT molecular complexity index is 1010. The number of pyridine rings is 2. The molecule has 1 aromatic carbocycles. The highest BCUT2D eigenvalue weighted by atomic mass is 14.8. The Labute approximate surface area is 120 Å². The van der Waals surface area contributed by atoms with Crippen molar-refractivity contribution in [3.05, 3.63) is 60.6 Å². The molecule has 4 nitrogen and oxygen atoms in total. The van der Waals surface area contributed by atoms with Gasteiger partial charge in [-0.2, -0.15) is 5.26 Å². The summed E-state index contributed by atoms with van der Waals surface area (Å²) in [5, 5.41) is 11.4. The molecule has 0 bridgehead atoms. The average Bonchev–Trinajstić information content (AvgIpc) is 2.97. The van der Waals surface area contributed by atoms with E-state index in [9.17, 15) is 5.26 Å². The summed E-state index contributed by atoms with van der Waals surface area (Å²) in [6.07, 6.45) is 5.32. The number of para-hydroxylation sites is 1. The van der Waals surface area contributed by atoms with Gasteiger partial charge in [0.2, 0.25) is 0 Å². The van der Waals surface area contributed by atoms with Crippen molar-refractivity contribution in [2.24, 2.45) is 0 Å². The minimum absolute atomic E-state index is 0.568. The highest BCUT2D eigenvalue weighted by Crippen LogP contribution is 2.30. The van der Waals surface area contributed by atoms with Gasteiger partial charge in [-0.15, -0.1) is 0 Å². The maximum atomic E-state index is 9.43. The van der Waals surface area contributed by atoms with Crippen LogP contribution in [0, 0.1) is 11.3 Å². The lowest BCUT2D eigenvalue weighted by Gasteiger charge is -2.04. The van der Waals surface area contributed by atoms with E-state index in [1.54, 1.807) is 12.4 Å². The van der Waals surface area contributed by atoms with Crippen molar-refractivity contribution >= 4 is 21.8 Å². The summed E-state index contributed by atoms with van der Waals surface area (Å²) in [4.78, 5) is 12.0. The van der Waals surface area contributed by atoms with Crippen LogP contribution in [0.15, 0.2) is 55.0 Å². The molecule has 3 aromatic heterocycles. The summed E-state index contributed by atoms with van der Waals surface area (Å²) in [5.41, 5.74) is 4.02. The Hall–Kier alpha value is -3.19. The summed E-state index contributed by atoms with van der Waals surface area (Å²) < 4.78 is 0. The number of rotatable bonds is 1. The molecule has 0 aliphatic heterocycles. The molecule has 0 atom stereocenters. The Kier molecular flexibility index (Phi) is 2.45. The van der Waals surface area contributed by atoms with Gasteiger partial charge in [0.05, 0.1) is 23.0 Å². The molecule has 21 heavy (non-hydrogen) atoms. The number of nitriles is 1. The van der Waals surface area contributed by atoms with Gasteiger partial charge < -0.3 is 4.98 Å². The highest BCUT2D eigenvalue weighted by molar-refractivity contribution is 5.97. The third-order valence-electron chi connectivity index (χ3n) is 3.58. The first-order valence-electron chi connectivity index (χ1n) is 6.58. The number of fused-ring (bicyclic) bond motifs is 2. The number of benzene rings is 1. The first-order chi connectivity index (χ1) is 10.4. The van der Waals surface area contributed by atoms with Crippen molar-refractivity contribution in [1.29, 1.82) is 5.26 Å². The molecule has 0 unspecified atom stereocenters. The Morgan fingerprint density at radius 3 is 2.95 bits per heavy atom. The first kappa shape index (κ1) is 11.6. The molecular formula is C17H10N4. The summed E-state index contributed by atoms with van der Waals surface area (Å²) in [6, 6.07) is 14.0. The SMILES string of the molecule is N#Cc1cc2ccncc2nc1-c1c[nH]c2ccccc12. The molecule has 98 valence electrons. The summed E-state index contributed by atoms with van der Waals surface area (Å²) in [5.74, 6) is 0. The fourth-order valence-corrected chi connectivity index (χ4v) is 2.57. The number of nitrogens with zero attached hydrogens (tertiary/aromatic N) is 3. The average molecular weight is 270 g/mol. The zero-order valence-electron chi connectivity index (χ0n) is 11.0. The second-order valence-corrected chi connectivity index (χ2v) is 4.81. The lowest BCUT2D eigenvalue weighted by molar-refractivity contribution is 1.30. The van der Waals surface area contributed by atoms with Crippen molar-refractivity contribution in [2.75, 3.05) is 0 Å². The number of nitrogens with one attached hydrogen (secondary N) is 1. The zero-order valence-corrected chi connectivity index (χ0v) is 11.0. The van der Waals surface area contributed by atoms with Crippen molar-refractivity contribution in [3.63, 3.8) is 0 Å². The lowest BCUT2D eigenvalue weighted by atomic mass is 10.0. The molecule has 0 spiro atoms. The highest BCUT2D eigenvalue weighted by Gasteiger charge is 2.13. The van der Waals surface area contributed by atoms with Crippen LogP contribution in [0.1, 0.15) is 5.56 Å². The normalized spacial score (nSPS) is 10.8. The van der Waals surface area contributed by atoms with Crippen LogP contribution in [0.25, 0.3) is 33.1 Å². The molecule has 4 heteroatoms. The van der Waals surface area contributed by atoms with Gasteiger partial charge in [0.1, 0.15) is 6.07 Å². The van der Waals surface area contributed by atoms with E-state index in [4.69, 9.17) is 0 Å². The van der Waals surface area contributed by atoms with Crippen LogP contribution in [0.5, 0.6) is 0 Å². The number of aromatic amines is 1. The molecule has 0 amide bonds. The monoisotopic (exact) mass is 270 g/mol. The minimum Gasteiger partial charge on any atom is -0.360 e. The summed E-state index contributed by atoms with van der Waals surface area (Å²) in [6.45, 7) is 0. The van der Waals surface area contributed by atoms with Crippen LogP contribution in [-0.2, 0) is 0 Å². The number of aromatic nitrogens is 3. The topological polar surface area (TPSA) is 65.4 Å². The smallest absolute Gasteiger partial charge is 0.101 e. The van der Waals surface area contributed by atoms with E-state index >= 15 is 0 Å². The molecule has 0 saturated carbocycles. The van der Waals surface area contributed by atoms with E-state index in [-0.39, 0.29) is 0 Å². The van der Waals surface area contributed by atoms with Gasteiger partial charge in [-0.05, 0) is 18.2 Å². The minimum atomic E-state index is 0.568. The molecule has 3 heterocycles. The van der Waals surface area contributed by atoms with Gasteiger partial charge in [0, 0.05) is 34.2 Å². The number of hydrogen-bond acceptors (Lipinski definition) is 3. The van der Waals surface area contributed by atoms with E-state index in [1.165, 1.54) is 0 Å². The Morgan fingerprint density at radius 1 is 1.14 bits per heavy atom. The van der Waals surface area contributed by atoms with E-state index < -0.39 is 0 Å². The fraction of sp³-hybridized carbons (Fsp3) is 0. The predicted molar refractivity (Wildman–Crippen MR) is 81.5 cm³/mol. The largest absolute Gasteiger partial charge is 0.360 e. The van der Waals surface area contributed by atoms with Crippen LogP contribution in [0.2, 0.25) is 0 Å². The van der Waals surface area contributed by atoms with E-state index in [2.05, 4.69) is 21.0 Å². The second kappa shape index (κ2) is 4.43. The fourth-order valence-electron chi connectivity index (χ4n) is 2.57. The standard InChI is InChI=1S/C17H10N4/c18-8-12-7-11-5-6-19-10-16(11)21-17(12)14-9-20-15-4-2-1-3-13(14)15/h1-7,9-10,20H. The first-order valence-corrected chi connectivity index (χ1v) is 6.58. The van der Waals surface area contributed by atoms with Crippen molar-refractivity contribution in [2.45, 2.75) is 0 Å².